The van der Waals surface area contributed by atoms with Crippen molar-refractivity contribution in [3.63, 3.8) is 0 Å². The smallest absolute Gasteiger partial charge is 0.327 e. The third-order valence-corrected chi connectivity index (χ3v) is 2.95. The van der Waals surface area contributed by atoms with E-state index in [-0.39, 0.29) is 11.6 Å². The minimum absolute atomic E-state index is 0.0224. The first-order chi connectivity index (χ1) is 9.04. The van der Waals surface area contributed by atoms with Crippen LogP contribution in [-0.2, 0) is 16.1 Å². The Kier molecular flexibility index (Phi) is 5.78. The number of methoxy groups -OCH3 is 1. The topological polar surface area (TPSA) is 90.5 Å². The van der Waals surface area contributed by atoms with E-state index in [1.165, 1.54) is 13.3 Å². The predicted molar refractivity (Wildman–Crippen MR) is 72.5 cm³/mol. The third-order valence-electron chi connectivity index (χ3n) is 2.59. The Morgan fingerprint density at radius 2 is 2.32 bits per heavy atom. The molecule has 0 aliphatic rings. The van der Waals surface area contributed by atoms with Gasteiger partial charge in [0.1, 0.15) is 11.6 Å². The van der Waals surface area contributed by atoms with Crippen LogP contribution in [-0.4, -0.2) is 42.5 Å². The highest BCUT2D eigenvalue weighted by atomic mass is 35.5. The van der Waals surface area contributed by atoms with Crippen molar-refractivity contribution in [3.05, 3.63) is 21.6 Å². The molecule has 0 radical (unpaired) electrons. The van der Waals surface area contributed by atoms with Crippen LogP contribution in [0.15, 0.2) is 11.0 Å². The maximum atomic E-state index is 12.0. The first kappa shape index (κ1) is 15.5. The summed E-state index contributed by atoms with van der Waals surface area (Å²) >= 11 is 6.03. The maximum Gasteiger partial charge on any atom is 0.327 e. The number of hydrogen-bond donors (Lipinski definition) is 1. The summed E-state index contributed by atoms with van der Waals surface area (Å²) in [6.07, 6.45) is 1.45. The zero-order chi connectivity index (χ0) is 14.4. The van der Waals surface area contributed by atoms with E-state index in [1.807, 2.05) is 11.8 Å². The number of rotatable bonds is 6. The molecular weight excluding hydrogens is 272 g/mol. The van der Waals surface area contributed by atoms with Crippen molar-refractivity contribution < 1.29 is 9.53 Å². The second kappa shape index (κ2) is 7.10. The number of nitrogens with two attached hydrogens (primary N) is 1. The van der Waals surface area contributed by atoms with Gasteiger partial charge in [-0.1, -0.05) is 11.6 Å². The van der Waals surface area contributed by atoms with E-state index in [2.05, 4.69) is 9.84 Å². The quantitative estimate of drug-likeness (QED) is 0.733. The molecule has 1 aromatic rings. The summed E-state index contributed by atoms with van der Waals surface area (Å²) in [5.74, 6) is -0.562. The Morgan fingerprint density at radius 3 is 2.84 bits per heavy atom. The SMILES string of the molecule is CCN(CCN)c1cnn(CC(=O)OC)c(=O)c1Cl. The van der Waals surface area contributed by atoms with Crippen molar-refractivity contribution in [1.29, 1.82) is 0 Å². The molecule has 0 fully saturated rings. The highest BCUT2D eigenvalue weighted by Gasteiger charge is 2.15. The summed E-state index contributed by atoms with van der Waals surface area (Å²) in [5.41, 5.74) is 5.48. The van der Waals surface area contributed by atoms with Gasteiger partial charge in [0.25, 0.3) is 5.56 Å². The number of esters is 1. The number of carbonyl (C=O) groups is 1. The first-order valence-electron chi connectivity index (χ1n) is 5.82. The monoisotopic (exact) mass is 288 g/mol. The van der Waals surface area contributed by atoms with Crippen LogP contribution in [0.1, 0.15) is 6.92 Å². The second-order valence-electron chi connectivity index (χ2n) is 3.75. The molecule has 19 heavy (non-hydrogen) atoms. The minimum atomic E-state index is -0.562. The molecule has 0 saturated heterocycles. The number of carbonyl (C=O) groups excluding carboxylic acids is 1. The third kappa shape index (κ3) is 3.68. The summed E-state index contributed by atoms with van der Waals surface area (Å²) in [7, 11) is 1.24. The van der Waals surface area contributed by atoms with Crippen LogP contribution in [0.3, 0.4) is 0 Å². The van der Waals surface area contributed by atoms with Crippen LogP contribution in [0.25, 0.3) is 0 Å². The van der Waals surface area contributed by atoms with E-state index in [4.69, 9.17) is 17.3 Å². The van der Waals surface area contributed by atoms with Gasteiger partial charge in [-0.3, -0.25) is 9.59 Å². The van der Waals surface area contributed by atoms with Crippen molar-refractivity contribution >= 4 is 23.3 Å². The standard InChI is InChI=1S/C11H17ClN4O3/c1-3-15(5-4-13)8-6-14-16(7-9(17)19-2)11(18)10(8)12/h6H,3-5,7,13H2,1-2H3. The van der Waals surface area contributed by atoms with Crippen molar-refractivity contribution in [1.82, 2.24) is 9.78 Å². The average molecular weight is 289 g/mol. The molecule has 0 unspecified atom stereocenters. The molecule has 0 atom stereocenters. The molecule has 106 valence electrons. The molecule has 0 aliphatic carbocycles. The van der Waals surface area contributed by atoms with Crippen LogP contribution < -0.4 is 16.2 Å². The summed E-state index contributed by atoms with van der Waals surface area (Å²) in [6.45, 7) is 3.32. The van der Waals surface area contributed by atoms with E-state index in [0.717, 1.165) is 4.68 Å². The predicted octanol–water partition coefficient (Wildman–Crippen LogP) is -0.145. The fourth-order valence-electron chi connectivity index (χ4n) is 1.58. The second-order valence-corrected chi connectivity index (χ2v) is 4.13. The molecule has 0 spiro atoms. The van der Waals surface area contributed by atoms with Gasteiger partial charge >= 0.3 is 5.97 Å². The van der Waals surface area contributed by atoms with Crippen molar-refractivity contribution in [2.45, 2.75) is 13.5 Å². The molecule has 2 N–H and O–H groups in total. The summed E-state index contributed by atoms with van der Waals surface area (Å²) in [5, 5.41) is 3.94. The van der Waals surface area contributed by atoms with E-state index in [9.17, 15) is 9.59 Å². The number of halogens is 1. The first-order valence-corrected chi connectivity index (χ1v) is 6.20. The highest BCUT2D eigenvalue weighted by Crippen LogP contribution is 2.20. The van der Waals surface area contributed by atoms with E-state index in [0.29, 0.717) is 25.3 Å². The molecular formula is C11H17ClN4O3. The Labute approximate surface area is 115 Å². The van der Waals surface area contributed by atoms with Gasteiger partial charge in [0.05, 0.1) is 19.0 Å². The van der Waals surface area contributed by atoms with Gasteiger partial charge in [-0.2, -0.15) is 5.10 Å². The number of hydrogen-bond acceptors (Lipinski definition) is 6. The summed E-state index contributed by atoms with van der Waals surface area (Å²) < 4.78 is 5.44. The molecule has 1 rings (SSSR count). The molecule has 0 amide bonds. The van der Waals surface area contributed by atoms with Crippen molar-refractivity contribution in [2.75, 3.05) is 31.6 Å². The molecule has 0 saturated carbocycles. The van der Waals surface area contributed by atoms with Crippen molar-refractivity contribution in [3.8, 4) is 0 Å². The van der Waals surface area contributed by atoms with Gasteiger partial charge in [0.15, 0.2) is 0 Å². The van der Waals surface area contributed by atoms with Gasteiger partial charge in [-0.25, -0.2) is 4.68 Å². The molecule has 1 aromatic heterocycles. The zero-order valence-corrected chi connectivity index (χ0v) is 11.7. The highest BCUT2D eigenvalue weighted by molar-refractivity contribution is 6.33. The van der Waals surface area contributed by atoms with Crippen LogP contribution in [0.2, 0.25) is 5.02 Å². The molecule has 1 heterocycles. The van der Waals surface area contributed by atoms with Crippen LogP contribution in [0, 0.1) is 0 Å². The lowest BCUT2D eigenvalue weighted by molar-refractivity contribution is -0.141. The maximum absolute atomic E-state index is 12.0. The zero-order valence-electron chi connectivity index (χ0n) is 10.9. The van der Waals surface area contributed by atoms with Crippen LogP contribution in [0.5, 0.6) is 0 Å². The Balaban J connectivity index is 3.09. The Hall–Kier alpha value is -1.60. The van der Waals surface area contributed by atoms with Crippen LogP contribution >= 0.6 is 11.6 Å². The average Bonchev–Trinajstić information content (AvgIpc) is 2.42. The Morgan fingerprint density at radius 1 is 1.63 bits per heavy atom. The van der Waals surface area contributed by atoms with E-state index < -0.39 is 11.5 Å². The van der Waals surface area contributed by atoms with Gasteiger partial charge in [0.2, 0.25) is 0 Å². The summed E-state index contributed by atoms with van der Waals surface area (Å²) in [4.78, 5) is 24.9. The van der Waals surface area contributed by atoms with Crippen LogP contribution in [0.4, 0.5) is 5.69 Å². The van der Waals surface area contributed by atoms with Gasteiger partial charge in [-0.05, 0) is 6.92 Å². The Bertz CT molecular complexity index is 503. The van der Waals surface area contributed by atoms with Crippen molar-refractivity contribution in [2.24, 2.45) is 5.73 Å². The lowest BCUT2D eigenvalue weighted by Gasteiger charge is -2.22. The number of nitrogens with zero attached hydrogens (tertiary/aromatic N) is 3. The molecule has 0 bridgehead atoms. The van der Waals surface area contributed by atoms with Gasteiger partial charge in [0, 0.05) is 19.6 Å². The molecule has 7 nitrogen and oxygen atoms in total. The number of anilines is 1. The van der Waals surface area contributed by atoms with Gasteiger partial charge in [-0.15, -0.1) is 0 Å². The lowest BCUT2D eigenvalue weighted by atomic mass is 10.3. The van der Waals surface area contributed by atoms with E-state index in [1.54, 1.807) is 0 Å². The molecule has 8 heteroatoms. The fourth-order valence-corrected chi connectivity index (χ4v) is 1.85. The fraction of sp³-hybridized carbons (Fsp3) is 0.545. The minimum Gasteiger partial charge on any atom is -0.468 e. The number of likely N-dealkylation sites (N-methyl/N-ethyl adjacent to an activating group) is 1. The normalized spacial score (nSPS) is 10.3. The lowest BCUT2D eigenvalue weighted by Crippen LogP contribution is -2.33. The number of ether oxygens (including phenoxy) is 1. The van der Waals surface area contributed by atoms with E-state index >= 15 is 0 Å². The van der Waals surface area contributed by atoms with Gasteiger partial charge < -0.3 is 15.4 Å². The molecule has 0 aromatic carbocycles. The largest absolute Gasteiger partial charge is 0.468 e. The molecule has 0 aliphatic heterocycles. The summed E-state index contributed by atoms with van der Waals surface area (Å²) in [6, 6.07) is 0. The number of aromatic nitrogens is 2.